The highest BCUT2D eigenvalue weighted by Gasteiger charge is 2.19. The Morgan fingerprint density at radius 2 is 1.92 bits per heavy atom. The Bertz CT molecular complexity index is 800. The van der Waals surface area contributed by atoms with Gasteiger partial charge in [0.2, 0.25) is 0 Å². The van der Waals surface area contributed by atoms with E-state index < -0.39 is 0 Å². The Labute approximate surface area is 158 Å². The predicted molar refractivity (Wildman–Crippen MR) is 106 cm³/mol. The minimum absolute atomic E-state index is 0.0813. The first-order chi connectivity index (χ1) is 12.6. The summed E-state index contributed by atoms with van der Waals surface area (Å²) in [5.74, 6) is -0.241. The van der Waals surface area contributed by atoms with Gasteiger partial charge < -0.3 is 15.5 Å². The molecule has 0 fully saturated rings. The lowest BCUT2D eigenvalue weighted by Gasteiger charge is -2.18. The molecular formula is C20H25N3O2S. The minimum Gasteiger partial charge on any atom is -0.340 e. The molecule has 1 heterocycles. The molecule has 1 aromatic heterocycles. The third-order valence-electron chi connectivity index (χ3n) is 4.78. The molecule has 138 valence electrons. The predicted octanol–water partition coefficient (Wildman–Crippen LogP) is 3.17. The normalized spacial score (nSPS) is 13.2. The molecule has 6 heteroatoms. The van der Waals surface area contributed by atoms with Crippen molar-refractivity contribution < 1.29 is 9.59 Å². The van der Waals surface area contributed by atoms with Gasteiger partial charge in [0.25, 0.3) is 11.8 Å². The second-order valence-electron chi connectivity index (χ2n) is 6.64. The first-order valence-corrected chi connectivity index (χ1v) is 9.89. The van der Waals surface area contributed by atoms with Crippen LogP contribution in [0.2, 0.25) is 0 Å². The molecule has 5 nitrogen and oxygen atoms in total. The summed E-state index contributed by atoms with van der Waals surface area (Å²) < 4.78 is 0. The molecule has 3 rings (SSSR count). The molecule has 0 aliphatic heterocycles. The number of thiophene rings is 1. The summed E-state index contributed by atoms with van der Waals surface area (Å²) in [6.07, 6.45) is 4.54. The fraction of sp³-hybridized carbons (Fsp3) is 0.400. The second kappa shape index (κ2) is 8.47. The number of rotatable bonds is 6. The van der Waals surface area contributed by atoms with Crippen molar-refractivity contribution in [1.29, 1.82) is 0 Å². The summed E-state index contributed by atoms with van der Waals surface area (Å²) in [4.78, 5) is 26.9. The zero-order chi connectivity index (χ0) is 18.5. The molecule has 2 N–H and O–H groups in total. The second-order valence-corrected chi connectivity index (χ2v) is 7.55. The van der Waals surface area contributed by atoms with Gasteiger partial charge >= 0.3 is 0 Å². The molecule has 1 aromatic carbocycles. The van der Waals surface area contributed by atoms with Crippen LogP contribution in [-0.2, 0) is 12.8 Å². The van der Waals surface area contributed by atoms with Gasteiger partial charge in [-0.3, -0.25) is 9.59 Å². The van der Waals surface area contributed by atoms with Gasteiger partial charge in [0.15, 0.2) is 0 Å². The van der Waals surface area contributed by atoms with Gasteiger partial charge in [-0.1, -0.05) is 6.07 Å². The molecule has 2 amide bonds. The van der Waals surface area contributed by atoms with Crippen LogP contribution in [0.25, 0.3) is 0 Å². The maximum atomic E-state index is 12.7. The van der Waals surface area contributed by atoms with Crippen molar-refractivity contribution in [2.75, 3.05) is 32.5 Å². The van der Waals surface area contributed by atoms with Gasteiger partial charge in [-0.25, -0.2) is 0 Å². The molecular weight excluding hydrogens is 346 g/mol. The van der Waals surface area contributed by atoms with E-state index in [1.54, 1.807) is 18.0 Å². The monoisotopic (exact) mass is 371 g/mol. The third-order valence-corrected chi connectivity index (χ3v) is 5.61. The van der Waals surface area contributed by atoms with Crippen LogP contribution in [0, 0.1) is 0 Å². The van der Waals surface area contributed by atoms with Crippen LogP contribution < -0.4 is 10.6 Å². The van der Waals surface area contributed by atoms with Crippen molar-refractivity contribution in [1.82, 2.24) is 10.2 Å². The van der Waals surface area contributed by atoms with Crippen molar-refractivity contribution in [3.05, 3.63) is 51.9 Å². The molecule has 0 unspecified atom stereocenters. The molecule has 1 aliphatic carbocycles. The maximum absolute atomic E-state index is 12.7. The number of benzene rings is 1. The van der Waals surface area contributed by atoms with Crippen LogP contribution in [0.5, 0.6) is 0 Å². The zero-order valence-corrected chi connectivity index (χ0v) is 16.1. The molecule has 26 heavy (non-hydrogen) atoms. The first kappa shape index (κ1) is 18.6. The first-order valence-electron chi connectivity index (χ1n) is 9.01. The molecule has 0 bridgehead atoms. The van der Waals surface area contributed by atoms with E-state index in [-0.39, 0.29) is 11.8 Å². The molecule has 1 aliphatic rings. The minimum atomic E-state index is -0.159. The van der Waals surface area contributed by atoms with Gasteiger partial charge in [0.05, 0.1) is 5.56 Å². The van der Waals surface area contributed by atoms with E-state index in [2.05, 4.69) is 16.7 Å². The molecule has 2 aromatic rings. The van der Waals surface area contributed by atoms with E-state index in [0.29, 0.717) is 22.7 Å². The van der Waals surface area contributed by atoms with Crippen molar-refractivity contribution in [3.63, 3.8) is 0 Å². The number of carbonyl (C=O) groups is 2. The summed E-state index contributed by atoms with van der Waals surface area (Å²) in [6.45, 7) is 1.34. The Balaban J connectivity index is 1.72. The largest absolute Gasteiger partial charge is 0.340 e. The van der Waals surface area contributed by atoms with Crippen molar-refractivity contribution >= 4 is 28.2 Å². The fourth-order valence-corrected chi connectivity index (χ4v) is 3.99. The number of fused-ring (bicyclic) bond motifs is 1. The lowest BCUT2D eigenvalue weighted by atomic mass is 9.90. The Kier molecular flexibility index (Phi) is 6.06. The van der Waals surface area contributed by atoms with Crippen molar-refractivity contribution in [3.8, 4) is 0 Å². The summed E-state index contributed by atoms with van der Waals surface area (Å²) in [7, 11) is 3.62. The van der Waals surface area contributed by atoms with Crippen LogP contribution >= 0.6 is 11.3 Å². The van der Waals surface area contributed by atoms with Crippen LogP contribution in [0.3, 0.4) is 0 Å². The summed E-state index contributed by atoms with van der Waals surface area (Å²) >= 11 is 1.38. The van der Waals surface area contributed by atoms with Gasteiger partial charge in [-0.05, 0) is 67.4 Å². The Hall–Kier alpha value is -2.18. The highest BCUT2D eigenvalue weighted by Crippen LogP contribution is 2.26. The number of carbonyl (C=O) groups excluding carboxylic acids is 2. The number of hydrogen-bond acceptors (Lipinski definition) is 4. The lowest BCUT2D eigenvalue weighted by Crippen LogP contribution is -2.33. The quantitative estimate of drug-likeness (QED) is 0.820. The zero-order valence-electron chi connectivity index (χ0n) is 15.3. The average Bonchev–Trinajstić information content (AvgIpc) is 3.13. The SMILES string of the molecule is CNCCN(C)C(=O)c1ccsc1NC(=O)c1ccc2c(c1)CCCC2. The standard InChI is InChI=1S/C20H25N3O2S/c1-21-10-11-23(2)20(25)17-9-12-26-19(17)22-18(24)16-8-7-14-5-3-4-6-15(14)13-16/h7-9,12-13,21H,3-6,10-11H2,1-2H3,(H,22,24). The Morgan fingerprint density at radius 1 is 1.15 bits per heavy atom. The van der Waals surface area contributed by atoms with Crippen LogP contribution in [0.4, 0.5) is 5.00 Å². The molecule has 0 spiro atoms. The van der Waals surface area contributed by atoms with Crippen LogP contribution in [-0.4, -0.2) is 43.9 Å². The molecule has 0 radical (unpaired) electrons. The number of nitrogens with one attached hydrogen (secondary N) is 2. The third kappa shape index (κ3) is 4.14. The summed E-state index contributed by atoms with van der Waals surface area (Å²) in [5, 5.41) is 8.39. The highest BCUT2D eigenvalue weighted by atomic mass is 32.1. The number of nitrogens with zero attached hydrogens (tertiary/aromatic N) is 1. The number of hydrogen-bond donors (Lipinski definition) is 2. The summed E-state index contributed by atoms with van der Waals surface area (Å²) in [5.41, 5.74) is 3.82. The van der Waals surface area contributed by atoms with Crippen molar-refractivity contribution in [2.45, 2.75) is 25.7 Å². The number of amides is 2. The molecule has 0 saturated carbocycles. The number of aryl methyl sites for hydroxylation is 2. The number of likely N-dealkylation sites (N-methyl/N-ethyl adjacent to an activating group) is 2. The van der Waals surface area contributed by atoms with E-state index in [0.717, 1.165) is 19.4 Å². The average molecular weight is 372 g/mol. The smallest absolute Gasteiger partial charge is 0.256 e. The van der Waals surface area contributed by atoms with E-state index >= 15 is 0 Å². The molecule has 0 saturated heterocycles. The van der Waals surface area contributed by atoms with E-state index in [1.807, 2.05) is 24.6 Å². The van der Waals surface area contributed by atoms with E-state index in [1.165, 1.54) is 35.3 Å². The van der Waals surface area contributed by atoms with Gasteiger partial charge in [-0.15, -0.1) is 11.3 Å². The summed E-state index contributed by atoms with van der Waals surface area (Å²) in [6, 6.07) is 7.71. The van der Waals surface area contributed by atoms with Crippen LogP contribution in [0.15, 0.2) is 29.6 Å². The van der Waals surface area contributed by atoms with E-state index in [9.17, 15) is 9.59 Å². The van der Waals surface area contributed by atoms with Gasteiger partial charge in [0, 0.05) is 25.7 Å². The van der Waals surface area contributed by atoms with Gasteiger partial charge in [0.1, 0.15) is 5.00 Å². The van der Waals surface area contributed by atoms with Gasteiger partial charge in [-0.2, -0.15) is 0 Å². The molecule has 0 atom stereocenters. The maximum Gasteiger partial charge on any atom is 0.256 e. The lowest BCUT2D eigenvalue weighted by molar-refractivity contribution is 0.0798. The van der Waals surface area contributed by atoms with Crippen molar-refractivity contribution in [2.24, 2.45) is 0 Å². The highest BCUT2D eigenvalue weighted by molar-refractivity contribution is 7.14. The topological polar surface area (TPSA) is 61.4 Å². The fourth-order valence-electron chi connectivity index (χ4n) is 3.21. The van der Waals surface area contributed by atoms with Crippen LogP contribution in [0.1, 0.15) is 44.7 Å². The Morgan fingerprint density at radius 3 is 2.69 bits per heavy atom. The van der Waals surface area contributed by atoms with E-state index in [4.69, 9.17) is 0 Å². The number of anilines is 1.